The number of benzene rings is 4. The molecule has 222 valence electrons. The quantitative estimate of drug-likeness (QED) is 0.212. The van der Waals surface area contributed by atoms with Gasteiger partial charge in [-0.25, -0.2) is 12.8 Å². The number of hydrogen-bond donors (Lipinski definition) is 1. The molecule has 0 aliphatic carbocycles. The van der Waals surface area contributed by atoms with Gasteiger partial charge in [-0.2, -0.15) is 0 Å². The number of aromatic nitrogens is 1. The van der Waals surface area contributed by atoms with Crippen LogP contribution in [0.2, 0.25) is 0 Å². The second-order valence-corrected chi connectivity index (χ2v) is 12.4. The highest BCUT2D eigenvalue weighted by Gasteiger charge is 2.26. The molecule has 0 aliphatic rings. The number of amides is 1. The number of pyridine rings is 1. The first kappa shape index (κ1) is 28.9. The molecule has 0 atom stereocenters. The van der Waals surface area contributed by atoms with Crippen molar-refractivity contribution in [1.29, 1.82) is 0 Å². The lowest BCUT2D eigenvalue weighted by Crippen LogP contribution is -2.25. The van der Waals surface area contributed by atoms with E-state index >= 15 is 0 Å². The Labute approximate surface area is 253 Å². The Bertz CT molecular complexity index is 2180. The van der Waals surface area contributed by atoms with Crippen molar-refractivity contribution >= 4 is 43.4 Å². The molecular formula is C34H28FN3O5S. The Morgan fingerprint density at radius 3 is 2.32 bits per heavy atom. The molecule has 2 aromatic heterocycles. The zero-order valence-corrected chi connectivity index (χ0v) is 25.2. The van der Waals surface area contributed by atoms with Gasteiger partial charge in [-0.05, 0) is 71.1 Å². The highest BCUT2D eigenvalue weighted by Crippen LogP contribution is 2.43. The van der Waals surface area contributed by atoms with Crippen molar-refractivity contribution in [2.24, 2.45) is 0 Å². The molecule has 0 fully saturated rings. The maximum atomic E-state index is 13.7. The third-order valence-electron chi connectivity index (χ3n) is 7.67. The van der Waals surface area contributed by atoms with Crippen LogP contribution in [0, 0.1) is 5.82 Å². The van der Waals surface area contributed by atoms with Gasteiger partial charge in [0.05, 0.1) is 24.6 Å². The van der Waals surface area contributed by atoms with Crippen LogP contribution in [-0.4, -0.2) is 46.8 Å². The van der Waals surface area contributed by atoms with Crippen LogP contribution in [0.1, 0.15) is 10.4 Å². The molecule has 0 aliphatic heterocycles. The highest BCUT2D eigenvalue weighted by atomic mass is 32.2. The molecule has 6 rings (SSSR count). The number of nitrogens with one attached hydrogen (secondary N) is 1. The number of rotatable bonds is 7. The average Bonchev–Trinajstić information content (AvgIpc) is 3.41. The zero-order valence-electron chi connectivity index (χ0n) is 24.4. The number of fused-ring (bicyclic) bond motifs is 2. The minimum Gasteiger partial charge on any atom is -0.496 e. The van der Waals surface area contributed by atoms with Gasteiger partial charge in [0.1, 0.15) is 22.9 Å². The van der Waals surface area contributed by atoms with Gasteiger partial charge in [-0.3, -0.25) is 14.1 Å². The lowest BCUT2D eigenvalue weighted by molar-refractivity contribution is 0.0964. The molecule has 0 saturated carbocycles. The van der Waals surface area contributed by atoms with E-state index in [9.17, 15) is 17.6 Å². The maximum Gasteiger partial charge on any atom is 0.255 e. The van der Waals surface area contributed by atoms with E-state index in [0.29, 0.717) is 39.1 Å². The third kappa shape index (κ3) is 5.13. The van der Waals surface area contributed by atoms with Gasteiger partial charge in [0.15, 0.2) is 0 Å². The van der Waals surface area contributed by atoms with Crippen molar-refractivity contribution in [2.75, 3.05) is 31.8 Å². The first-order valence-electron chi connectivity index (χ1n) is 13.6. The van der Waals surface area contributed by atoms with Crippen LogP contribution in [0.3, 0.4) is 0 Å². The predicted octanol–water partition coefficient (Wildman–Crippen LogP) is 6.89. The van der Waals surface area contributed by atoms with Crippen LogP contribution in [0.15, 0.2) is 95.7 Å². The van der Waals surface area contributed by atoms with Crippen LogP contribution in [0.4, 0.5) is 10.1 Å². The molecule has 0 bridgehead atoms. The number of ether oxygens (including phenoxy) is 1. The molecule has 2 heterocycles. The number of halogens is 1. The minimum absolute atomic E-state index is 0.240. The van der Waals surface area contributed by atoms with Gasteiger partial charge in [-0.15, -0.1) is 0 Å². The molecule has 0 spiro atoms. The summed E-state index contributed by atoms with van der Waals surface area (Å²) in [5.41, 5.74) is 4.30. The van der Waals surface area contributed by atoms with E-state index in [1.54, 1.807) is 31.6 Å². The van der Waals surface area contributed by atoms with Crippen molar-refractivity contribution in [2.45, 2.75) is 0 Å². The fourth-order valence-corrected chi connectivity index (χ4v) is 5.82. The van der Waals surface area contributed by atoms with Gasteiger partial charge >= 0.3 is 0 Å². The molecule has 44 heavy (non-hydrogen) atoms. The molecule has 0 unspecified atom stereocenters. The minimum atomic E-state index is -3.70. The van der Waals surface area contributed by atoms with Gasteiger partial charge in [0.2, 0.25) is 10.0 Å². The van der Waals surface area contributed by atoms with Crippen molar-refractivity contribution in [1.82, 2.24) is 10.3 Å². The number of sulfonamides is 1. The summed E-state index contributed by atoms with van der Waals surface area (Å²) in [6.07, 6.45) is 4.65. The summed E-state index contributed by atoms with van der Waals surface area (Å²) in [5, 5.41) is 5.13. The summed E-state index contributed by atoms with van der Waals surface area (Å²) in [5.74, 6) is 0.0378. The van der Waals surface area contributed by atoms with Crippen LogP contribution in [0.5, 0.6) is 5.75 Å². The van der Waals surface area contributed by atoms with E-state index in [4.69, 9.17) is 9.15 Å². The van der Waals surface area contributed by atoms with E-state index in [-0.39, 0.29) is 11.3 Å². The second kappa shape index (κ2) is 11.1. The van der Waals surface area contributed by atoms with E-state index in [2.05, 4.69) is 10.3 Å². The molecule has 0 saturated heterocycles. The van der Waals surface area contributed by atoms with E-state index in [0.717, 1.165) is 28.2 Å². The normalized spacial score (nSPS) is 11.6. The number of anilines is 1. The molecular weight excluding hydrogens is 581 g/mol. The Morgan fingerprint density at radius 2 is 1.61 bits per heavy atom. The van der Waals surface area contributed by atoms with Crippen molar-refractivity contribution in [3.63, 3.8) is 0 Å². The predicted molar refractivity (Wildman–Crippen MR) is 171 cm³/mol. The van der Waals surface area contributed by atoms with Crippen LogP contribution in [0.25, 0.3) is 55.3 Å². The van der Waals surface area contributed by atoms with Gasteiger partial charge < -0.3 is 14.5 Å². The highest BCUT2D eigenvalue weighted by molar-refractivity contribution is 7.92. The zero-order chi connectivity index (χ0) is 31.2. The SMILES string of the molecule is CNC(=O)c1c(-c2ccc(F)cc2)oc2cc(N(C)S(C)(=O)=O)c(-c3ccc(OC)c(-c4ccc5ccncc5c4)c3)cc12. The molecule has 4 aromatic carbocycles. The van der Waals surface area contributed by atoms with Crippen molar-refractivity contribution in [3.05, 3.63) is 103 Å². The molecule has 1 N–H and O–H groups in total. The number of carbonyl (C=O) groups excluding carboxylic acids is 1. The van der Waals surface area contributed by atoms with Crippen LogP contribution >= 0.6 is 0 Å². The van der Waals surface area contributed by atoms with E-state index in [1.807, 2.05) is 42.5 Å². The number of nitrogens with zero attached hydrogens (tertiary/aromatic N) is 2. The first-order chi connectivity index (χ1) is 21.1. The number of hydrogen-bond acceptors (Lipinski definition) is 6. The largest absolute Gasteiger partial charge is 0.496 e. The summed E-state index contributed by atoms with van der Waals surface area (Å²) in [6, 6.07) is 22.5. The van der Waals surface area contributed by atoms with Crippen molar-refractivity contribution in [3.8, 4) is 39.3 Å². The Balaban J connectivity index is 1.63. The molecule has 1 amide bonds. The Morgan fingerprint density at radius 1 is 0.909 bits per heavy atom. The summed E-state index contributed by atoms with van der Waals surface area (Å²) >= 11 is 0. The summed E-state index contributed by atoms with van der Waals surface area (Å²) < 4.78 is 52.4. The second-order valence-electron chi connectivity index (χ2n) is 10.3. The molecule has 8 nitrogen and oxygen atoms in total. The number of carbonyl (C=O) groups is 1. The first-order valence-corrected chi connectivity index (χ1v) is 15.5. The Hall–Kier alpha value is -5.22. The maximum absolute atomic E-state index is 13.7. The average molecular weight is 610 g/mol. The smallest absolute Gasteiger partial charge is 0.255 e. The van der Waals surface area contributed by atoms with Gasteiger partial charge in [0.25, 0.3) is 5.91 Å². The van der Waals surface area contributed by atoms with Gasteiger partial charge in [0, 0.05) is 60.0 Å². The van der Waals surface area contributed by atoms with E-state index < -0.39 is 21.7 Å². The standard InChI is InChI=1S/C34H28FN3O5S/c1-36-34(39)32-28-17-26(23-9-12-30(42-3)27(16-23)22-6-5-20-13-14-37-19-24(20)15-22)29(38(2)44(4,40)41)18-31(28)43-33(32)21-7-10-25(35)11-8-21/h5-19H,1-4H3,(H,36,39). The van der Waals surface area contributed by atoms with Crippen LogP contribution < -0.4 is 14.4 Å². The molecule has 0 radical (unpaired) electrons. The lowest BCUT2D eigenvalue weighted by Gasteiger charge is -2.21. The molecule has 10 heteroatoms. The molecule has 6 aromatic rings. The summed E-state index contributed by atoms with van der Waals surface area (Å²) in [7, 11) is 0.868. The van der Waals surface area contributed by atoms with E-state index in [1.165, 1.54) is 42.7 Å². The monoisotopic (exact) mass is 609 g/mol. The summed E-state index contributed by atoms with van der Waals surface area (Å²) in [6.45, 7) is 0. The van der Waals surface area contributed by atoms with Gasteiger partial charge in [-0.1, -0.05) is 18.2 Å². The Kier molecular flexibility index (Phi) is 7.30. The fraction of sp³-hybridized carbons (Fsp3) is 0.118. The topological polar surface area (TPSA) is 102 Å². The lowest BCUT2D eigenvalue weighted by atomic mass is 9.94. The number of furan rings is 1. The fourth-order valence-electron chi connectivity index (χ4n) is 5.31. The summed E-state index contributed by atoms with van der Waals surface area (Å²) in [4.78, 5) is 17.5. The number of methoxy groups -OCH3 is 1. The van der Waals surface area contributed by atoms with Crippen molar-refractivity contribution < 1.29 is 26.8 Å². The third-order valence-corrected chi connectivity index (χ3v) is 8.86. The van der Waals surface area contributed by atoms with Crippen LogP contribution in [-0.2, 0) is 10.0 Å².